The fourth-order valence-electron chi connectivity index (χ4n) is 2.21. The maximum Gasteiger partial charge on any atom is 0.435 e. The highest BCUT2D eigenvalue weighted by molar-refractivity contribution is 5.74. The number of hydrogen-bond donors (Lipinski definition) is 0. The predicted molar refractivity (Wildman–Crippen MR) is 75.3 cm³/mol. The van der Waals surface area contributed by atoms with Crippen molar-refractivity contribution >= 4 is 12.0 Å². The number of aromatic nitrogens is 3. The molecule has 0 bridgehead atoms. The van der Waals surface area contributed by atoms with Gasteiger partial charge in [0.05, 0.1) is 5.69 Å². The largest absolute Gasteiger partial charge is 0.435 e. The van der Waals surface area contributed by atoms with Gasteiger partial charge in [0.15, 0.2) is 17.7 Å². The molecule has 0 radical (unpaired) electrons. The lowest BCUT2D eigenvalue weighted by Crippen LogP contribution is -2.21. The Morgan fingerprint density at radius 1 is 1.18 bits per heavy atom. The smallest absolute Gasteiger partial charge is 0.372 e. The van der Waals surface area contributed by atoms with E-state index in [1.165, 1.54) is 12.1 Å². The average molecular weight is 312 g/mol. The molecule has 5 nitrogen and oxygen atoms in total. The second-order valence-electron chi connectivity index (χ2n) is 4.54. The number of aldehydes is 1. The molecule has 0 saturated heterocycles. The van der Waals surface area contributed by atoms with Crippen molar-refractivity contribution in [3.8, 4) is 5.69 Å². The van der Waals surface area contributed by atoms with Gasteiger partial charge in [-0.1, -0.05) is 5.21 Å². The number of benzene rings is 1. The van der Waals surface area contributed by atoms with Crippen molar-refractivity contribution in [3.63, 3.8) is 0 Å². The Labute approximate surface area is 125 Å². The van der Waals surface area contributed by atoms with E-state index in [1.54, 1.807) is 12.1 Å². The Bertz CT molecular complexity index is 645. The number of nitrogens with zero attached hydrogens (tertiary/aromatic N) is 4. The molecule has 0 aliphatic carbocycles. The van der Waals surface area contributed by atoms with Crippen LogP contribution in [-0.2, 0) is 6.18 Å². The van der Waals surface area contributed by atoms with Crippen LogP contribution in [0.15, 0.2) is 24.3 Å². The van der Waals surface area contributed by atoms with E-state index >= 15 is 0 Å². The molecule has 8 heteroatoms. The van der Waals surface area contributed by atoms with E-state index in [-0.39, 0.29) is 12.0 Å². The Morgan fingerprint density at radius 2 is 1.77 bits per heavy atom. The van der Waals surface area contributed by atoms with Crippen LogP contribution >= 0.6 is 0 Å². The average Bonchev–Trinajstić information content (AvgIpc) is 2.93. The van der Waals surface area contributed by atoms with Crippen LogP contribution in [0.25, 0.3) is 5.69 Å². The molecule has 22 heavy (non-hydrogen) atoms. The van der Waals surface area contributed by atoms with Crippen molar-refractivity contribution in [3.05, 3.63) is 35.7 Å². The van der Waals surface area contributed by atoms with Gasteiger partial charge < -0.3 is 4.90 Å². The summed E-state index contributed by atoms with van der Waals surface area (Å²) >= 11 is 0. The van der Waals surface area contributed by atoms with Crippen molar-refractivity contribution in [1.29, 1.82) is 0 Å². The van der Waals surface area contributed by atoms with Crippen molar-refractivity contribution in [1.82, 2.24) is 15.0 Å². The summed E-state index contributed by atoms with van der Waals surface area (Å²) in [5.41, 5.74) is -0.791. The van der Waals surface area contributed by atoms with Gasteiger partial charge in [-0.05, 0) is 38.1 Å². The van der Waals surface area contributed by atoms with Gasteiger partial charge in [0.1, 0.15) is 0 Å². The summed E-state index contributed by atoms with van der Waals surface area (Å²) in [5.74, 6) is 0. The summed E-state index contributed by atoms with van der Waals surface area (Å²) in [5, 5.41) is 6.72. The van der Waals surface area contributed by atoms with Crippen molar-refractivity contribution in [2.45, 2.75) is 20.0 Å². The fraction of sp³-hybridized carbons (Fsp3) is 0.357. The molecular weight excluding hydrogens is 297 g/mol. The Morgan fingerprint density at radius 3 is 2.23 bits per heavy atom. The van der Waals surface area contributed by atoms with Crippen LogP contribution in [-0.4, -0.2) is 34.4 Å². The highest BCUT2D eigenvalue weighted by Crippen LogP contribution is 2.32. The highest BCUT2D eigenvalue weighted by atomic mass is 19.4. The summed E-state index contributed by atoms with van der Waals surface area (Å²) in [7, 11) is 0. The van der Waals surface area contributed by atoms with E-state index in [0.717, 1.165) is 18.8 Å². The first-order valence-corrected chi connectivity index (χ1v) is 6.75. The summed E-state index contributed by atoms with van der Waals surface area (Å²) in [6.45, 7) is 5.57. The molecule has 118 valence electrons. The van der Waals surface area contributed by atoms with Gasteiger partial charge in [0.25, 0.3) is 0 Å². The molecular formula is C14H15F3N4O. The Kier molecular flexibility index (Phi) is 4.48. The first-order valence-electron chi connectivity index (χ1n) is 6.75. The molecule has 0 N–H and O–H groups in total. The molecule has 0 fully saturated rings. The molecule has 0 aliphatic heterocycles. The first-order chi connectivity index (χ1) is 10.4. The molecule has 0 aliphatic rings. The van der Waals surface area contributed by atoms with Crippen LogP contribution in [0.4, 0.5) is 18.9 Å². The third kappa shape index (κ3) is 2.95. The van der Waals surface area contributed by atoms with Crippen molar-refractivity contribution in [2.75, 3.05) is 18.0 Å². The van der Waals surface area contributed by atoms with Crippen molar-refractivity contribution < 1.29 is 18.0 Å². The van der Waals surface area contributed by atoms with Gasteiger partial charge in [-0.2, -0.15) is 13.2 Å². The Hall–Kier alpha value is -2.38. The van der Waals surface area contributed by atoms with Crippen LogP contribution in [0.3, 0.4) is 0 Å². The minimum Gasteiger partial charge on any atom is -0.372 e. The lowest BCUT2D eigenvalue weighted by molar-refractivity contribution is -0.143. The van der Waals surface area contributed by atoms with E-state index in [2.05, 4.69) is 15.2 Å². The standard InChI is InChI=1S/C14H15F3N4O/c1-3-20(4-2)10-5-7-11(8-6-10)21-13(14(15,16)17)12(9-22)18-19-21/h5-9H,3-4H2,1-2H3. The molecule has 0 saturated carbocycles. The third-order valence-electron chi connectivity index (χ3n) is 3.30. The molecule has 0 atom stereocenters. The monoisotopic (exact) mass is 312 g/mol. The summed E-state index contributed by atoms with van der Waals surface area (Å²) in [6, 6.07) is 6.47. The van der Waals surface area contributed by atoms with Gasteiger partial charge in [-0.25, -0.2) is 4.68 Å². The number of hydrogen-bond acceptors (Lipinski definition) is 4. The summed E-state index contributed by atoms with van der Waals surface area (Å²) in [4.78, 5) is 12.8. The molecule has 1 aromatic heterocycles. The zero-order valence-electron chi connectivity index (χ0n) is 12.1. The minimum absolute atomic E-state index is 0.0522. The van der Waals surface area contributed by atoms with Crippen LogP contribution in [0.1, 0.15) is 30.0 Å². The van der Waals surface area contributed by atoms with E-state index in [9.17, 15) is 18.0 Å². The van der Waals surface area contributed by atoms with Crippen LogP contribution in [0, 0.1) is 0 Å². The van der Waals surface area contributed by atoms with Crippen LogP contribution < -0.4 is 4.90 Å². The lowest BCUT2D eigenvalue weighted by Gasteiger charge is -2.21. The van der Waals surface area contributed by atoms with Gasteiger partial charge in [0, 0.05) is 18.8 Å². The number of carbonyl (C=O) groups excluding carboxylic acids is 1. The fourth-order valence-corrected chi connectivity index (χ4v) is 2.21. The topological polar surface area (TPSA) is 51.0 Å². The van der Waals surface area contributed by atoms with Crippen LogP contribution in [0.5, 0.6) is 0 Å². The zero-order chi connectivity index (χ0) is 16.3. The zero-order valence-corrected chi connectivity index (χ0v) is 12.1. The molecule has 1 heterocycles. The lowest BCUT2D eigenvalue weighted by atomic mass is 10.2. The number of rotatable bonds is 5. The predicted octanol–water partition coefficient (Wildman–Crippen LogP) is 2.94. The number of halogens is 3. The summed E-state index contributed by atoms with van der Waals surface area (Å²) in [6.07, 6.45) is -4.66. The molecule has 0 amide bonds. The molecule has 1 aromatic carbocycles. The summed E-state index contributed by atoms with van der Waals surface area (Å²) < 4.78 is 39.8. The maximum atomic E-state index is 13.1. The van der Waals surface area contributed by atoms with Gasteiger partial charge >= 0.3 is 6.18 Å². The van der Waals surface area contributed by atoms with Crippen LogP contribution in [0.2, 0.25) is 0 Å². The number of anilines is 1. The van der Waals surface area contributed by atoms with Gasteiger partial charge in [-0.15, -0.1) is 5.10 Å². The SMILES string of the molecule is CCN(CC)c1ccc(-n2nnc(C=O)c2C(F)(F)F)cc1. The normalized spacial score (nSPS) is 11.5. The first kappa shape index (κ1) is 16.0. The van der Waals surface area contributed by atoms with Gasteiger partial charge in [0.2, 0.25) is 0 Å². The van der Waals surface area contributed by atoms with E-state index < -0.39 is 17.6 Å². The third-order valence-corrected chi connectivity index (χ3v) is 3.30. The maximum absolute atomic E-state index is 13.1. The van der Waals surface area contributed by atoms with E-state index in [4.69, 9.17) is 0 Å². The highest BCUT2D eigenvalue weighted by Gasteiger charge is 2.39. The minimum atomic E-state index is -4.71. The molecule has 2 aromatic rings. The molecule has 0 unspecified atom stereocenters. The van der Waals surface area contributed by atoms with Crippen molar-refractivity contribution in [2.24, 2.45) is 0 Å². The quantitative estimate of drug-likeness (QED) is 0.797. The van der Waals surface area contributed by atoms with Gasteiger partial charge in [-0.3, -0.25) is 4.79 Å². The Balaban J connectivity index is 2.45. The molecule has 2 rings (SSSR count). The number of alkyl halides is 3. The second-order valence-corrected chi connectivity index (χ2v) is 4.54. The molecule has 0 spiro atoms. The number of carbonyl (C=O) groups is 1. The van der Waals surface area contributed by atoms with E-state index in [0.29, 0.717) is 4.68 Å². The van der Waals surface area contributed by atoms with E-state index in [1.807, 2.05) is 13.8 Å². The second kappa shape index (κ2) is 6.17.